The fourth-order valence-corrected chi connectivity index (χ4v) is 3.04. The highest BCUT2D eigenvalue weighted by Crippen LogP contribution is 2.24. The molecule has 0 saturated carbocycles. The normalized spacial score (nSPS) is 11.3. The lowest BCUT2D eigenvalue weighted by atomic mass is 10.0. The summed E-state index contributed by atoms with van der Waals surface area (Å²) in [5, 5.41) is 4.70. The van der Waals surface area contributed by atoms with Gasteiger partial charge < -0.3 is 0 Å². The molecule has 136 valence electrons. The standard InChI is InChI=1S/C22H28N4/c1-5-6-20-13-21(11-12-23-20)26-15-22(17(4)25-26)18-8-10-19(24-14-18)9-7-16(2)3/h8,10-16H,5-7,9H2,1-4H3. The van der Waals surface area contributed by atoms with Gasteiger partial charge in [0.25, 0.3) is 0 Å². The molecule has 0 N–H and O–H groups in total. The highest BCUT2D eigenvalue weighted by molar-refractivity contribution is 5.64. The van der Waals surface area contributed by atoms with Crippen LogP contribution in [0.4, 0.5) is 0 Å². The van der Waals surface area contributed by atoms with E-state index in [1.807, 2.05) is 30.1 Å². The van der Waals surface area contributed by atoms with Gasteiger partial charge in [-0.3, -0.25) is 9.97 Å². The zero-order valence-corrected chi connectivity index (χ0v) is 16.2. The van der Waals surface area contributed by atoms with Crippen molar-refractivity contribution in [3.63, 3.8) is 0 Å². The first-order valence-corrected chi connectivity index (χ1v) is 9.53. The smallest absolute Gasteiger partial charge is 0.0679 e. The van der Waals surface area contributed by atoms with Crippen molar-refractivity contribution in [2.45, 2.75) is 53.4 Å². The lowest BCUT2D eigenvalue weighted by Crippen LogP contribution is -1.98. The monoisotopic (exact) mass is 348 g/mol. The number of nitrogens with zero attached hydrogens (tertiary/aromatic N) is 4. The molecule has 0 spiro atoms. The summed E-state index contributed by atoms with van der Waals surface area (Å²) < 4.78 is 1.94. The Morgan fingerprint density at radius 1 is 1.04 bits per heavy atom. The van der Waals surface area contributed by atoms with Crippen LogP contribution in [0, 0.1) is 12.8 Å². The van der Waals surface area contributed by atoms with E-state index in [1.165, 1.54) is 6.42 Å². The minimum atomic E-state index is 0.704. The predicted molar refractivity (Wildman–Crippen MR) is 106 cm³/mol. The summed E-state index contributed by atoms with van der Waals surface area (Å²) in [6.45, 7) is 8.71. The first kappa shape index (κ1) is 18.3. The second kappa shape index (κ2) is 8.26. The molecule has 0 bridgehead atoms. The fraction of sp³-hybridized carbons (Fsp3) is 0.409. The molecule has 0 saturated heterocycles. The maximum absolute atomic E-state index is 4.70. The fourth-order valence-electron chi connectivity index (χ4n) is 3.04. The van der Waals surface area contributed by atoms with Gasteiger partial charge in [-0.05, 0) is 50.3 Å². The Bertz CT molecular complexity index is 847. The molecule has 0 aromatic carbocycles. The van der Waals surface area contributed by atoms with E-state index < -0.39 is 0 Å². The molecule has 0 unspecified atom stereocenters. The van der Waals surface area contributed by atoms with Crippen LogP contribution in [-0.4, -0.2) is 19.7 Å². The van der Waals surface area contributed by atoms with Crippen molar-refractivity contribution in [3.05, 3.63) is 59.9 Å². The second-order valence-corrected chi connectivity index (χ2v) is 7.30. The molecule has 4 nitrogen and oxygen atoms in total. The minimum absolute atomic E-state index is 0.704. The van der Waals surface area contributed by atoms with Crippen LogP contribution in [0.3, 0.4) is 0 Å². The zero-order chi connectivity index (χ0) is 18.5. The third-order valence-electron chi connectivity index (χ3n) is 4.58. The number of hydrogen-bond donors (Lipinski definition) is 0. The van der Waals surface area contributed by atoms with Crippen molar-refractivity contribution < 1.29 is 0 Å². The van der Waals surface area contributed by atoms with Gasteiger partial charge in [0, 0.05) is 41.1 Å². The third-order valence-corrected chi connectivity index (χ3v) is 4.58. The van der Waals surface area contributed by atoms with Crippen molar-refractivity contribution in [2.24, 2.45) is 5.92 Å². The Labute approximate surface area is 156 Å². The van der Waals surface area contributed by atoms with Gasteiger partial charge >= 0.3 is 0 Å². The quantitative estimate of drug-likeness (QED) is 0.591. The number of rotatable bonds is 7. The molecular weight excluding hydrogens is 320 g/mol. The Morgan fingerprint density at radius 3 is 2.58 bits per heavy atom. The summed E-state index contributed by atoms with van der Waals surface area (Å²) in [6.07, 6.45) is 10.2. The largest absolute Gasteiger partial charge is 0.261 e. The van der Waals surface area contributed by atoms with Gasteiger partial charge in [-0.15, -0.1) is 0 Å². The van der Waals surface area contributed by atoms with Crippen LogP contribution in [0.1, 0.15) is 50.7 Å². The van der Waals surface area contributed by atoms with Crippen LogP contribution in [0.15, 0.2) is 42.9 Å². The van der Waals surface area contributed by atoms with Crippen molar-refractivity contribution >= 4 is 0 Å². The van der Waals surface area contributed by atoms with Crippen LogP contribution in [0.25, 0.3) is 16.8 Å². The molecule has 3 aromatic rings. The lowest BCUT2D eigenvalue weighted by molar-refractivity contribution is 0.581. The van der Waals surface area contributed by atoms with E-state index in [4.69, 9.17) is 5.10 Å². The highest BCUT2D eigenvalue weighted by Gasteiger charge is 2.10. The van der Waals surface area contributed by atoms with Crippen LogP contribution in [0.5, 0.6) is 0 Å². The summed E-state index contributed by atoms with van der Waals surface area (Å²) in [5.74, 6) is 0.704. The maximum Gasteiger partial charge on any atom is 0.0679 e. The molecule has 0 aliphatic heterocycles. The molecule has 0 fully saturated rings. The van der Waals surface area contributed by atoms with Crippen molar-refractivity contribution in [3.8, 4) is 16.8 Å². The third kappa shape index (κ3) is 4.37. The van der Waals surface area contributed by atoms with Crippen molar-refractivity contribution in [1.29, 1.82) is 0 Å². The van der Waals surface area contributed by atoms with E-state index in [0.29, 0.717) is 5.92 Å². The molecular formula is C22H28N4. The SMILES string of the molecule is CCCc1cc(-n2cc(-c3ccc(CCC(C)C)nc3)c(C)n2)ccn1. The predicted octanol–water partition coefficient (Wildman–Crippen LogP) is 5.18. The second-order valence-electron chi connectivity index (χ2n) is 7.30. The number of pyridine rings is 2. The van der Waals surface area contributed by atoms with E-state index in [1.54, 1.807) is 0 Å². The van der Waals surface area contributed by atoms with E-state index in [2.05, 4.69) is 55.1 Å². The number of hydrogen-bond acceptors (Lipinski definition) is 3. The maximum atomic E-state index is 4.70. The van der Waals surface area contributed by atoms with Crippen LogP contribution >= 0.6 is 0 Å². The average molecular weight is 348 g/mol. The first-order chi connectivity index (χ1) is 12.6. The highest BCUT2D eigenvalue weighted by atomic mass is 15.3. The Balaban J connectivity index is 1.83. The summed E-state index contributed by atoms with van der Waals surface area (Å²) in [4.78, 5) is 9.07. The van der Waals surface area contributed by atoms with Crippen molar-refractivity contribution in [2.75, 3.05) is 0 Å². The van der Waals surface area contributed by atoms with E-state index >= 15 is 0 Å². The van der Waals surface area contributed by atoms with Crippen molar-refractivity contribution in [1.82, 2.24) is 19.7 Å². The molecule has 3 heterocycles. The van der Waals surface area contributed by atoms with Gasteiger partial charge in [0.2, 0.25) is 0 Å². The topological polar surface area (TPSA) is 43.6 Å². The van der Waals surface area contributed by atoms with E-state index in [-0.39, 0.29) is 0 Å². The molecule has 3 rings (SSSR count). The Kier molecular flexibility index (Phi) is 5.82. The van der Waals surface area contributed by atoms with E-state index in [0.717, 1.165) is 53.2 Å². The molecule has 0 aliphatic carbocycles. The van der Waals surface area contributed by atoms with Gasteiger partial charge in [-0.2, -0.15) is 5.10 Å². The van der Waals surface area contributed by atoms with Gasteiger partial charge in [0.05, 0.1) is 11.4 Å². The van der Waals surface area contributed by atoms with Gasteiger partial charge in [-0.1, -0.05) is 33.3 Å². The molecule has 0 radical (unpaired) electrons. The summed E-state index contributed by atoms with van der Waals surface area (Å²) in [7, 11) is 0. The van der Waals surface area contributed by atoms with Crippen LogP contribution in [-0.2, 0) is 12.8 Å². The minimum Gasteiger partial charge on any atom is -0.261 e. The molecule has 0 amide bonds. The van der Waals surface area contributed by atoms with Crippen LogP contribution in [0.2, 0.25) is 0 Å². The number of aromatic nitrogens is 4. The average Bonchev–Trinajstić information content (AvgIpc) is 3.03. The molecule has 0 atom stereocenters. The summed E-state index contributed by atoms with van der Waals surface area (Å²) in [5.41, 5.74) is 6.57. The summed E-state index contributed by atoms with van der Waals surface area (Å²) >= 11 is 0. The number of aryl methyl sites for hydroxylation is 3. The molecule has 4 heteroatoms. The lowest BCUT2D eigenvalue weighted by Gasteiger charge is -2.05. The Morgan fingerprint density at radius 2 is 1.88 bits per heavy atom. The van der Waals surface area contributed by atoms with Gasteiger partial charge in [0.15, 0.2) is 0 Å². The molecule has 26 heavy (non-hydrogen) atoms. The first-order valence-electron chi connectivity index (χ1n) is 9.53. The van der Waals surface area contributed by atoms with Gasteiger partial charge in [-0.25, -0.2) is 4.68 Å². The molecule has 3 aromatic heterocycles. The molecule has 0 aliphatic rings. The summed E-state index contributed by atoms with van der Waals surface area (Å²) in [6, 6.07) is 8.42. The van der Waals surface area contributed by atoms with Gasteiger partial charge in [0.1, 0.15) is 0 Å². The van der Waals surface area contributed by atoms with Crippen LogP contribution < -0.4 is 0 Å². The Hall–Kier alpha value is -2.49. The van der Waals surface area contributed by atoms with E-state index in [9.17, 15) is 0 Å². The zero-order valence-electron chi connectivity index (χ0n) is 16.2.